The molecule has 29 heavy (non-hydrogen) atoms. The molecule has 3 aromatic rings. The van der Waals surface area contributed by atoms with Crippen molar-refractivity contribution in [3.05, 3.63) is 53.1 Å². The molecule has 1 aromatic heterocycles. The summed E-state index contributed by atoms with van der Waals surface area (Å²) < 4.78 is 16.3. The van der Waals surface area contributed by atoms with E-state index >= 15 is 0 Å². The number of ketones is 1. The topological polar surface area (TPSA) is 74.5 Å². The van der Waals surface area contributed by atoms with E-state index in [1.54, 1.807) is 26.4 Å². The van der Waals surface area contributed by atoms with Crippen LogP contribution in [-0.2, 0) is 12.8 Å². The van der Waals surface area contributed by atoms with Gasteiger partial charge in [0.15, 0.2) is 17.3 Å². The van der Waals surface area contributed by atoms with Crippen LogP contribution in [0.3, 0.4) is 0 Å². The molecule has 0 aliphatic heterocycles. The van der Waals surface area contributed by atoms with Gasteiger partial charge in [-0.1, -0.05) is 23.9 Å². The fourth-order valence-corrected chi connectivity index (χ4v) is 4.27. The number of methoxy groups -OCH3 is 2. The van der Waals surface area contributed by atoms with E-state index < -0.39 is 0 Å². The molecule has 2 aromatic carbocycles. The first-order valence-corrected chi connectivity index (χ1v) is 10.4. The fraction of sp³-hybridized carbons (Fsp3) is 0.318. The van der Waals surface area contributed by atoms with Crippen LogP contribution in [0.25, 0.3) is 11.5 Å². The number of nitrogens with zero attached hydrogens (tertiary/aromatic N) is 2. The first-order chi connectivity index (χ1) is 14.1. The van der Waals surface area contributed by atoms with E-state index in [9.17, 15) is 4.79 Å². The molecule has 6 nitrogen and oxygen atoms in total. The van der Waals surface area contributed by atoms with Crippen molar-refractivity contribution in [1.82, 2.24) is 10.2 Å². The third-order valence-corrected chi connectivity index (χ3v) is 6.00. The van der Waals surface area contributed by atoms with E-state index in [1.807, 2.05) is 25.1 Å². The number of thioether (sulfide) groups is 1. The molecule has 0 saturated carbocycles. The second-order valence-corrected chi connectivity index (χ2v) is 8.20. The normalized spacial score (nSPS) is 13.8. The Kier molecular flexibility index (Phi) is 5.58. The molecule has 0 radical (unpaired) electrons. The number of hydrogen-bond acceptors (Lipinski definition) is 7. The van der Waals surface area contributed by atoms with Crippen molar-refractivity contribution in [2.45, 2.75) is 36.7 Å². The number of carbonyl (C=O) groups excluding carboxylic acids is 1. The van der Waals surface area contributed by atoms with Crippen LogP contribution in [0, 0.1) is 0 Å². The molecule has 7 heteroatoms. The van der Waals surface area contributed by atoms with E-state index in [0.29, 0.717) is 22.6 Å². The maximum atomic E-state index is 12.8. The van der Waals surface area contributed by atoms with Crippen molar-refractivity contribution in [3.8, 4) is 23.0 Å². The molecule has 1 aliphatic carbocycles. The van der Waals surface area contributed by atoms with Gasteiger partial charge < -0.3 is 13.9 Å². The van der Waals surface area contributed by atoms with E-state index in [4.69, 9.17) is 13.9 Å². The molecule has 0 bridgehead atoms. The summed E-state index contributed by atoms with van der Waals surface area (Å²) in [5, 5.41) is 8.22. The van der Waals surface area contributed by atoms with E-state index in [0.717, 1.165) is 30.4 Å². The summed E-state index contributed by atoms with van der Waals surface area (Å²) in [5.74, 6) is 1.64. The Hall–Kier alpha value is -2.80. The summed E-state index contributed by atoms with van der Waals surface area (Å²) in [6.45, 7) is 1.86. The quantitative estimate of drug-likeness (QED) is 0.416. The third kappa shape index (κ3) is 4.00. The second-order valence-electron chi connectivity index (χ2n) is 6.90. The van der Waals surface area contributed by atoms with Gasteiger partial charge in [-0.15, -0.1) is 10.2 Å². The van der Waals surface area contributed by atoms with Crippen molar-refractivity contribution in [2.75, 3.05) is 14.2 Å². The lowest BCUT2D eigenvalue weighted by atomic mass is 10.0. The highest BCUT2D eigenvalue weighted by molar-refractivity contribution is 8.00. The minimum atomic E-state index is -0.326. The van der Waals surface area contributed by atoms with Crippen LogP contribution in [-0.4, -0.2) is 35.5 Å². The number of Topliss-reactive ketones (excluding diaryl/α,β-unsaturated/α-hetero) is 1. The Labute approximate surface area is 173 Å². The average Bonchev–Trinajstić information content (AvgIpc) is 3.41. The minimum Gasteiger partial charge on any atom is -0.493 e. The van der Waals surface area contributed by atoms with Crippen molar-refractivity contribution in [1.29, 1.82) is 0 Å². The molecule has 1 heterocycles. The predicted octanol–water partition coefficient (Wildman–Crippen LogP) is 4.61. The molecule has 1 unspecified atom stereocenters. The predicted molar refractivity (Wildman–Crippen MR) is 111 cm³/mol. The number of benzene rings is 2. The zero-order valence-electron chi connectivity index (χ0n) is 16.6. The first kappa shape index (κ1) is 19.5. The summed E-state index contributed by atoms with van der Waals surface area (Å²) in [7, 11) is 3.15. The Balaban J connectivity index is 1.48. The summed E-state index contributed by atoms with van der Waals surface area (Å²) in [6.07, 6.45) is 3.32. The highest BCUT2D eigenvalue weighted by Gasteiger charge is 2.22. The Morgan fingerprint density at radius 3 is 2.62 bits per heavy atom. The summed E-state index contributed by atoms with van der Waals surface area (Å²) in [4.78, 5) is 12.8. The Morgan fingerprint density at radius 2 is 1.83 bits per heavy atom. The lowest BCUT2D eigenvalue weighted by molar-refractivity contribution is 0.0993. The fourth-order valence-electron chi connectivity index (χ4n) is 3.51. The molecule has 1 atom stereocenters. The Bertz CT molecular complexity index is 1050. The van der Waals surface area contributed by atoms with Crippen molar-refractivity contribution >= 4 is 17.5 Å². The number of rotatable bonds is 7. The molecular weight excluding hydrogens is 388 g/mol. The van der Waals surface area contributed by atoms with Gasteiger partial charge in [0, 0.05) is 11.1 Å². The number of ether oxygens (including phenoxy) is 2. The van der Waals surface area contributed by atoms with Crippen LogP contribution in [0.5, 0.6) is 11.5 Å². The third-order valence-electron chi connectivity index (χ3n) is 5.07. The first-order valence-electron chi connectivity index (χ1n) is 9.47. The molecule has 0 spiro atoms. The SMILES string of the molecule is COc1ccc(-c2nnc(SC(C)C(=O)c3ccc4c(c3)CCC4)o2)cc1OC. The summed E-state index contributed by atoms with van der Waals surface area (Å²) in [6, 6.07) is 11.4. The van der Waals surface area contributed by atoms with Crippen LogP contribution < -0.4 is 9.47 Å². The van der Waals surface area contributed by atoms with Gasteiger partial charge in [-0.2, -0.15) is 0 Å². The Morgan fingerprint density at radius 1 is 1.03 bits per heavy atom. The van der Waals surface area contributed by atoms with Crippen LogP contribution >= 0.6 is 11.8 Å². The van der Waals surface area contributed by atoms with Gasteiger partial charge in [0.25, 0.3) is 5.22 Å². The summed E-state index contributed by atoms with van der Waals surface area (Å²) >= 11 is 1.27. The van der Waals surface area contributed by atoms with Gasteiger partial charge >= 0.3 is 0 Å². The molecule has 1 aliphatic rings. The average molecular weight is 410 g/mol. The van der Waals surface area contributed by atoms with Gasteiger partial charge in [-0.25, -0.2) is 0 Å². The zero-order valence-corrected chi connectivity index (χ0v) is 17.4. The molecule has 150 valence electrons. The van der Waals surface area contributed by atoms with Gasteiger partial charge in [0.1, 0.15) is 0 Å². The van der Waals surface area contributed by atoms with Gasteiger partial charge in [0.2, 0.25) is 5.89 Å². The van der Waals surface area contributed by atoms with Crippen LogP contribution in [0.15, 0.2) is 46.0 Å². The minimum absolute atomic E-state index is 0.0653. The zero-order chi connectivity index (χ0) is 20.4. The standard InChI is InChI=1S/C22H22N2O4S/c1-13(20(25)16-8-7-14-5-4-6-15(14)11-16)29-22-24-23-21(28-22)17-9-10-18(26-2)19(12-17)27-3/h7-13H,4-6H2,1-3H3. The van der Waals surface area contributed by atoms with Crippen LogP contribution in [0.4, 0.5) is 0 Å². The van der Waals surface area contributed by atoms with Gasteiger partial charge in [0.05, 0.1) is 19.5 Å². The van der Waals surface area contributed by atoms with E-state index in [2.05, 4.69) is 16.3 Å². The maximum Gasteiger partial charge on any atom is 0.277 e. The molecule has 0 fully saturated rings. The van der Waals surface area contributed by atoms with Crippen molar-refractivity contribution in [2.24, 2.45) is 0 Å². The maximum absolute atomic E-state index is 12.8. The molecule has 0 saturated heterocycles. The highest BCUT2D eigenvalue weighted by Crippen LogP contribution is 2.33. The lowest BCUT2D eigenvalue weighted by Crippen LogP contribution is -2.13. The highest BCUT2D eigenvalue weighted by atomic mass is 32.2. The van der Waals surface area contributed by atoms with Crippen molar-refractivity contribution < 1.29 is 18.7 Å². The summed E-state index contributed by atoms with van der Waals surface area (Å²) in [5.41, 5.74) is 4.12. The van der Waals surface area contributed by atoms with Crippen LogP contribution in [0.1, 0.15) is 34.8 Å². The second kappa shape index (κ2) is 8.29. The lowest BCUT2D eigenvalue weighted by Gasteiger charge is -2.09. The largest absolute Gasteiger partial charge is 0.493 e. The number of fused-ring (bicyclic) bond motifs is 1. The smallest absolute Gasteiger partial charge is 0.277 e. The van der Waals surface area contributed by atoms with E-state index in [1.165, 1.54) is 22.9 Å². The molecular formula is C22H22N2O4S. The monoisotopic (exact) mass is 410 g/mol. The van der Waals surface area contributed by atoms with Gasteiger partial charge in [-0.3, -0.25) is 4.79 Å². The molecule has 0 N–H and O–H groups in total. The van der Waals surface area contributed by atoms with E-state index in [-0.39, 0.29) is 11.0 Å². The van der Waals surface area contributed by atoms with Gasteiger partial charge in [-0.05, 0) is 61.6 Å². The van der Waals surface area contributed by atoms with Crippen LogP contribution in [0.2, 0.25) is 0 Å². The molecule has 4 rings (SSSR count). The number of aryl methyl sites for hydroxylation is 2. The number of carbonyl (C=O) groups is 1. The number of aromatic nitrogens is 2. The van der Waals surface area contributed by atoms with Crippen molar-refractivity contribution in [3.63, 3.8) is 0 Å². The molecule has 0 amide bonds. The number of hydrogen-bond donors (Lipinski definition) is 0.